The van der Waals surface area contributed by atoms with Crippen LogP contribution in [-0.4, -0.2) is 67.5 Å². The molecule has 0 atom stereocenters. The van der Waals surface area contributed by atoms with Crippen LogP contribution < -0.4 is 16.2 Å². The highest BCUT2D eigenvalue weighted by Crippen LogP contribution is 2.36. The summed E-state index contributed by atoms with van der Waals surface area (Å²) in [5.41, 5.74) is 6.57. The number of nitrogens with zero attached hydrogens (tertiary/aromatic N) is 3. The van der Waals surface area contributed by atoms with Gasteiger partial charge in [-0.15, -0.1) is 0 Å². The summed E-state index contributed by atoms with van der Waals surface area (Å²) in [6.45, 7) is 11.4. The average Bonchev–Trinajstić information content (AvgIpc) is 2.78. The molecule has 3 rings (SSSR count). The Labute approximate surface area is 156 Å². The highest BCUT2D eigenvalue weighted by Gasteiger charge is 2.51. The molecule has 0 radical (unpaired) electrons. The number of urea groups is 1. The third kappa shape index (κ3) is 3.60. The van der Waals surface area contributed by atoms with Gasteiger partial charge in [0, 0.05) is 26.2 Å². The van der Waals surface area contributed by atoms with Crippen LogP contribution in [0.3, 0.4) is 0 Å². The number of hydrogen-bond acceptors (Lipinski definition) is 5. The second-order valence-electron chi connectivity index (χ2n) is 8.09. The summed E-state index contributed by atoms with van der Waals surface area (Å²) in [6, 6.07) is 7.18. The first-order valence-corrected chi connectivity index (χ1v) is 9.09. The molecule has 2 amide bonds. The van der Waals surface area contributed by atoms with Gasteiger partial charge in [0.25, 0.3) is 0 Å². The van der Waals surface area contributed by atoms with E-state index in [0.717, 1.165) is 37.3 Å². The van der Waals surface area contributed by atoms with E-state index in [0.29, 0.717) is 0 Å². The Balaban J connectivity index is 1.77. The van der Waals surface area contributed by atoms with Crippen LogP contribution in [0, 0.1) is 0 Å². The normalized spacial score (nSPS) is 23.2. The fourth-order valence-corrected chi connectivity index (χ4v) is 3.18. The molecule has 2 aliphatic rings. The number of benzene rings is 1. The minimum absolute atomic E-state index is 0.380. The number of nitrogens with two attached hydrogens (primary N) is 1. The van der Waals surface area contributed by atoms with Crippen LogP contribution in [0.15, 0.2) is 24.3 Å². The van der Waals surface area contributed by atoms with Crippen LogP contribution in [0.5, 0.6) is 0 Å². The number of carbonyl (C=O) groups excluding carboxylic acids is 1. The topological polar surface area (TPSA) is 71.3 Å². The van der Waals surface area contributed by atoms with Gasteiger partial charge in [-0.3, -0.25) is 0 Å². The number of likely N-dealkylation sites (N-methyl/N-ethyl adjacent to an activating group) is 1. The van der Waals surface area contributed by atoms with Gasteiger partial charge in [-0.05, 0) is 52.3 Å². The highest BCUT2D eigenvalue weighted by atomic mass is 16.7. The lowest BCUT2D eigenvalue weighted by atomic mass is 9.79. The lowest BCUT2D eigenvalue weighted by Crippen LogP contribution is -2.56. The van der Waals surface area contributed by atoms with Gasteiger partial charge in [0.05, 0.1) is 16.9 Å². The lowest BCUT2D eigenvalue weighted by Gasteiger charge is -2.39. The van der Waals surface area contributed by atoms with Gasteiger partial charge >= 0.3 is 13.1 Å². The van der Waals surface area contributed by atoms with E-state index in [1.54, 1.807) is 5.01 Å². The van der Waals surface area contributed by atoms with E-state index in [1.807, 2.05) is 57.0 Å². The minimum Gasteiger partial charge on any atom is -0.399 e. The number of amides is 2. The first kappa shape index (κ1) is 19.2. The van der Waals surface area contributed by atoms with Gasteiger partial charge in [-0.25, -0.2) is 14.8 Å². The standard InChI is InChI=1S/C18H29BN4O3/c1-17(2)18(3,4)26-19(25-17)14-6-8-15(9-7-14)23(16(20)24)22-12-10-21(5)11-13-22/h6-9H,10-13H2,1-5H3,(H2,20,24). The first-order valence-electron chi connectivity index (χ1n) is 9.09. The summed E-state index contributed by atoms with van der Waals surface area (Å²) in [5, 5.41) is 3.55. The Kier molecular flexibility index (Phi) is 5.05. The van der Waals surface area contributed by atoms with Crippen molar-refractivity contribution in [3.8, 4) is 0 Å². The zero-order valence-electron chi connectivity index (χ0n) is 16.4. The molecule has 142 valence electrons. The van der Waals surface area contributed by atoms with Crippen LogP contribution in [0.4, 0.5) is 10.5 Å². The number of hydrazine groups is 1. The molecule has 1 aromatic carbocycles. The minimum atomic E-state index is -0.474. The average molecular weight is 360 g/mol. The summed E-state index contributed by atoms with van der Waals surface area (Å²) in [4.78, 5) is 14.3. The summed E-state index contributed by atoms with van der Waals surface area (Å²) in [6.07, 6.45) is 0. The van der Waals surface area contributed by atoms with Gasteiger partial charge in [0.15, 0.2) is 0 Å². The van der Waals surface area contributed by atoms with E-state index in [-0.39, 0.29) is 11.2 Å². The lowest BCUT2D eigenvalue weighted by molar-refractivity contribution is 0.00578. The van der Waals surface area contributed by atoms with Crippen molar-refractivity contribution in [2.45, 2.75) is 38.9 Å². The predicted molar refractivity (Wildman–Crippen MR) is 103 cm³/mol. The number of hydrogen-bond donors (Lipinski definition) is 1. The van der Waals surface area contributed by atoms with Gasteiger partial charge in [-0.1, -0.05) is 12.1 Å². The molecule has 8 heteroatoms. The van der Waals surface area contributed by atoms with Crippen molar-refractivity contribution in [3.63, 3.8) is 0 Å². The molecule has 2 N–H and O–H groups in total. The van der Waals surface area contributed by atoms with Crippen molar-refractivity contribution in [1.82, 2.24) is 9.91 Å². The van der Waals surface area contributed by atoms with Gasteiger partial charge in [0.2, 0.25) is 0 Å². The largest absolute Gasteiger partial charge is 0.494 e. The quantitative estimate of drug-likeness (QED) is 0.816. The first-order chi connectivity index (χ1) is 12.1. The van der Waals surface area contributed by atoms with E-state index < -0.39 is 13.1 Å². The zero-order chi connectivity index (χ0) is 19.1. The van der Waals surface area contributed by atoms with E-state index in [9.17, 15) is 4.79 Å². The summed E-state index contributed by atoms with van der Waals surface area (Å²) in [7, 11) is 1.66. The van der Waals surface area contributed by atoms with Crippen molar-refractivity contribution < 1.29 is 14.1 Å². The Morgan fingerprint density at radius 1 is 1.04 bits per heavy atom. The number of rotatable bonds is 3. The molecule has 0 saturated carbocycles. The fourth-order valence-electron chi connectivity index (χ4n) is 3.18. The van der Waals surface area contributed by atoms with Crippen molar-refractivity contribution >= 4 is 24.3 Å². The van der Waals surface area contributed by atoms with E-state index in [4.69, 9.17) is 15.0 Å². The van der Waals surface area contributed by atoms with Crippen LogP contribution in [0.25, 0.3) is 0 Å². The Hall–Kier alpha value is -1.61. The van der Waals surface area contributed by atoms with E-state index >= 15 is 0 Å². The third-order valence-corrected chi connectivity index (χ3v) is 5.63. The van der Waals surface area contributed by atoms with Crippen LogP contribution in [-0.2, 0) is 9.31 Å². The molecular formula is C18H29BN4O3. The fraction of sp³-hybridized carbons (Fsp3) is 0.611. The molecule has 2 fully saturated rings. The maximum absolute atomic E-state index is 12.0. The van der Waals surface area contributed by atoms with E-state index in [2.05, 4.69) is 11.9 Å². The molecule has 0 aromatic heterocycles. The number of piperazine rings is 1. The van der Waals surface area contributed by atoms with Crippen molar-refractivity contribution in [2.75, 3.05) is 38.2 Å². The molecule has 7 nitrogen and oxygen atoms in total. The number of carbonyl (C=O) groups is 1. The van der Waals surface area contributed by atoms with Crippen molar-refractivity contribution in [2.24, 2.45) is 5.73 Å². The van der Waals surface area contributed by atoms with Crippen LogP contribution >= 0.6 is 0 Å². The van der Waals surface area contributed by atoms with Crippen LogP contribution in [0.2, 0.25) is 0 Å². The monoisotopic (exact) mass is 360 g/mol. The Bertz CT molecular complexity index is 641. The second-order valence-corrected chi connectivity index (χ2v) is 8.09. The molecule has 0 bridgehead atoms. The smallest absolute Gasteiger partial charge is 0.399 e. The third-order valence-electron chi connectivity index (χ3n) is 5.63. The molecule has 0 aliphatic carbocycles. The number of anilines is 1. The van der Waals surface area contributed by atoms with E-state index in [1.165, 1.54) is 0 Å². The predicted octanol–water partition coefficient (Wildman–Crippen LogP) is 1.03. The van der Waals surface area contributed by atoms with Crippen molar-refractivity contribution in [1.29, 1.82) is 0 Å². The SMILES string of the molecule is CN1CCN(N(C(N)=O)c2ccc(B3OC(C)(C)C(C)(C)O3)cc2)CC1. The van der Waals surface area contributed by atoms with Crippen LogP contribution in [0.1, 0.15) is 27.7 Å². The Morgan fingerprint density at radius 3 is 2.00 bits per heavy atom. The summed E-state index contributed by atoms with van der Waals surface area (Å²) >= 11 is 0. The Morgan fingerprint density at radius 2 is 1.54 bits per heavy atom. The maximum atomic E-state index is 12.0. The van der Waals surface area contributed by atoms with Crippen molar-refractivity contribution in [3.05, 3.63) is 24.3 Å². The summed E-state index contributed by atoms with van der Waals surface area (Å²) in [5.74, 6) is 0. The molecule has 0 spiro atoms. The zero-order valence-corrected chi connectivity index (χ0v) is 16.4. The summed E-state index contributed by atoms with van der Waals surface area (Å²) < 4.78 is 12.2. The second kappa shape index (κ2) is 6.85. The van der Waals surface area contributed by atoms with Gasteiger partial charge in [0.1, 0.15) is 0 Å². The molecule has 2 heterocycles. The van der Waals surface area contributed by atoms with Gasteiger partial charge in [-0.2, -0.15) is 0 Å². The molecule has 1 aromatic rings. The number of primary amides is 1. The highest BCUT2D eigenvalue weighted by molar-refractivity contribution is 6.62. The molecule has 0 unspecified atom stereocenters. The molecule has 2 aliphatic heterocycles. The maximum Gasteiger partial charge on any atom is 0.494 e. The molecular weight excluding hydrogens is 331 g/mol. The molecule has 2 saturated heterocycles. The molecule has 26 heavy (non-hydrogen) atoms. The van der Waals surface area contributed by atoms with Gasteiger partial charge < -0.3 is 19.9 Å².